The second-order valence-corrected chi connectivity index (χ2v) is 7.03. The van der Waals surface area contributed by atoms with Crippen molar-refractivity contribution in [2.45, 2.75) is 109 Å². The van der Waals surface area contributed by atoms with Crippen LogP contribution in [0.3, 0.4) is 0 Å². The number of carbonyl (C=O) groups excluding carboxylic acids is 1. The molecule has 1 unspecified atom stereocenters. The fourth-order valence-electron chi connectivity index (χ4n) is 2.97. The van der Waals surface area contributed by atoms with Crippen LogP contribution in [-0.2, 0) is 9.59 Å². The van der Waals surface area contributed by atoms with Crippen LogP contribution in [0.25, 0.3) is 0 Å². The Hall–Kier alpha value is -1.10. The van der Waals surface area contributed by atoms with Gasteiger partial charge in [-0.1, -0.05) is 71.1 Å². The van der Waals surface area contributed by atoms with Crippen molar-refractivity contribution in [2.75, 3.05) is 6.54 Å². The van der Waals surface area contributed by atoms with E-state index >= 15 is 0 Å². The summed E-state index contributed by atoms with van der Waals surface area (Å²) in [7, 11) is 0. The Balaban J connectivity index is 3.54. The number of carbonyl (C=O) groups is 2. The number of carboxylic acid groups (broad SMARTS) is 1. The van der Waals surface area contributed by atoms with Crippen molar-refractivity contribution in [1.29, 1.82) is 0 Å². The molecule has 0 aliphatic heterocycles. The zero-order chi connectivity index (χ0) is 18.8. The molecule has 0 saturated heterocycles. The molecule has 0 aromatic carbocycles. The van der Waals surface area contributed by atoms with Crippen LogP contribution in [0.15, 0.2) is 0 Å². The molecule has 1 atom stereocenters. The lowest BCUT2D eigenvalue weighted by Crippen LogP contribution is -2.40. The SMILES string of the molecule is CCCCCCCCCCCCCC(=O)NC(CCCCN)C(=O)O. The molecule has 0 fully saturated rings. The quantitative estimate of drug-likeness (QED) is 0.318. The van der Waals surface area contributed by atoms with Gasteiger partial charge in [-0.05, 0) is 32.2 Å². The van der Waals surface area contributed by atoms with Crippen LogP contribution < -0.4 is 11.1 Å². The zero-order valence-corrected chi connectivity index (χ0v) is 16.2. The molecule has 0 heterocycles. The van der Waals surface area contributed by atoms with Crippen LogP contribution in [0.2, 0.25) is 0 Å². The van der Waals surface area contributed by atoms with Crippen molar-refractivity contribution in [3.63, 3.8) is 0 Å². The summed E-state index contributed by atoms with van der Waals surface area (Å²) < 4.78 is 0. The van der Waals surface area contributed by atoms with Gasteiger partial charge in [0.1, 0.15) is 6.04 Å². The third-order valence-corrected chi connectivity index (χ3v) is 4.59. The Morgan fingerprint density at radius 2 is 1.36 bits per heavy atom. The third-order valence-electron chi connectivity index (χ3n) is 4.59. The summed E-state index contributed by atoms with van der Waals surface area (Å²) in [5.74, 6) is -1.10. The molecule has 0 spiro atoms. The predicted octanol–water partition coefficient (Wildman–Crippen LogP) is 4.39. The molecule has 0 aromatic rings. The lowest BCUT2D eigenvalue weighted by Gasteiger charge is -2.14. The lowest BCUT2D eigenvalue weighted by atomic mass is 10.0. The number of unbranched alkanes of at least 4 members (excludes halogenated alkanes) is 11. The highest BCUT2D eigenvalue weighted by Crippen LogP contribution is 2.12. The highest BCUT2D eigenvalue weighted by atomic mass is 16.4. The molecule has 25 heavy (non-hydrogen) atoms. The Bertz CT molecular complexity index is 335. The number of nitrogens with two attached hydrogens (primary N) is 1. The van der Waals surface area contributed by atoms with E-state index in [0.717, 1.165) is 25.7 Å². The molecule has 4 N–H and O–H groups in total. The average molecular weight is 357 g/mol. The van der Waals surface area contributed by atoms with Gasteiger partial charge in [0.2, 0.25) is 5.91 Å². The second-order valence-electron chi connectivity index (χ2n) is 7.03. The molecule has 0 aliphatic carbocycles. The number of hydrogen-bond acceptors (Lipinski definition) is 3. The number of rotatable bonds is 18. The van der Waals surface area contributed by atoms with E-state index in [1.807, 2.05) is 0 Å². The second kappa shape index (κ2) is 17.7. The maximum atomic E-state index is 11.9. The molecule has 5 heteroatoms. The van der Waals surface area contributed by atoms with Gasteiger partial charge in [0.15, 0.2) is 0 Å². The van der Waals surface area contributed by atoms with Crippen LogP contribution in [0.5, 0.6) is 0 Å². The fraction of sp³-hybridized carbons (Fsp3) is 0.900. The minimum atomic E-state index is -0.954. The summed E-state index contributed by atoms with van der Waals surface area (Å²) in [5.41, 5.74) is 5.41. The summed E-state index contributed by atoms with van der Waals surface area (Å²) in [5, 5.41) is 11.8. The molecule has 148 valence electrons. The van der Waals surface area contributed by atoms with Gasteiger partial charge in [-0.15, -0.1) is 0 Å². The number of carboxylic acids is 1. The lowest BCUT2D eigenvalue weighted by molar-refractivity contribution is -0.142. The zero-order valence-electron chi connectivity index (χ0n) is 16.2. The first-order valence-electron chi connectivity index (χ1n) is 10.3. The van der Waals surface area contributed by atoms with Crippen LogP contribution >= 0.6 is 0 Å². The highest BCUT2D eigenvalue weighted by molar-refractivity contribution is 5.83. The Morgan fingerprint density at radius 3 is 1.84 bits per heavy atom. The molecule has 0 aromatic heterocycles. The topological polar surface area (TPSA) is 92.4 Å². The minimum Gasteiger partial charge on any atom is -0.480 e. The van der Waals surface area contributed by atoms with Gasteiger partial charge < -0.3 is 16.2 Å². The molecule has 1 amide bonds. The summed E-state index contributed by atoms with van der Waals surface area (Å²) >= 11 is 0. The van der Waals surface area contributed by atoms with E-state index in [4.69, 9.17) is 10.8 Å². The van der Waals surface area contributed by atoms with Crippen molar-refractivity contribution in [3.05, 3.63) is 0 Å². The third kappa shape index (κ3) is 16.1. The monoisotopic (exact) mass is 356 g/mol. The number of amides is 1. The first kappa shape index (κ1) is 23.9. The molecular formula is C20H40N2O3. The number of aliphatic carboxylic acids is 1. The standard InChI is InChI=1S/C20H40N2O3/c1-2-3-4-5-6-7-8-9-10-11-12-16-19(23)22-18(20(24)25)15-13-14-17-21/h18H,2-17,21H2,1H3,(H,22,23)(H,24,25). The van der Waals surface area contributed by atoms with Crippen molar-refractivity contribution in [2.24, 2.45) is 5.73 Å². The van der Waals surface area contributed by atoms with E-state index in [1.165, 1.54) is 57.8 Å². The van der Waals surface area contributed by atoms with Gasteiger partial charge in [0, 0.05) is 6.42 Å². The normalized spacial score (nSPS) is 12.1. The summed E-state index contributed by atoms with van der Waals surface area (Å²) in [4.78, 5) is 23.0. The van der Waals surface area contributed by atoms with Gasteiger partial charge in [-0.3, -0.25) is 4.79 Å². The van der Waals surface area contributed by atoms with Crippen LogP contribution in [0, 0.1) is 0 Å². The Morgan fingerprint density at radius 1 is 0.840 bits per heavy atom. The van der Waals surface area contributed by atoms with E-state index in [9.17, 15) is 9.59 Å². The molecule has 0 rings (SSSR count). The smallest absolute Gasteiger partial charge is 0.326 e. The average Bonchev–Trinajstić information content (AvgIpc) is 2.58. The van der Waals surface area contributed by atoms with Crippen LogP contribution in [0.4, 0.5) is 0 Å². The van der Waals surface area contributed by atoms with E-state index in [0.29, 0.717) is 19.4 Å². The summed E-state index contributed by atoms with van der Waals surface area (Å²) in [6.07, 6.45) is 16.1. The fourth-order valence-corrected chi connectivity index (χ4v) is 2.97. The first-order valence-corrected chi connectivity index (χ1v) is 10.3. The minimum absolute atomic E-state index is 0.143. The summed E-state index contributed by atoms with van der Waals surface area (Å²) in [6, 6.07) is -0.772. The highest BCUT2D eigenvalue weighted by Gasteiger charge is 2.18. The van der Waals surface area contributed by atoms with Gasteiger partial charge in [-0.25, -0.2) is 4.79 Å². The molecule has 5 nitrogen and oxygen atoms in total. The summed E-state index contributed by atoms with van der Waals surface area (Å²) in [6.45, 7) is 2.79. The maximum absolute atomic E-state index is 11.9. The number of hydrogen-bond donors (Lipinski definition) is 3. The Kier molecular flexibility index (Phi) is 16.9. The van der Waals surface area contributed by atoms with Crippen molar-refractivity contribution < 1.29 is 14.7 Å². The maximum Gasteiger partial charge on any atom is 0.326 e. The van der Waals surface area contributed by atoms with Crippen molar-refractivity contribution >= 4 is 11.9 Å². The number of nitrogens with one attached hydrogen (secondary N) is 1. The molecule has 0 radical (unpaired) electrons. The van der Waals surface area contributed by atoms with E-state index in [2.05, 4.69) is 12.2 Å². The van der Waals surface area contributed by atoms with Crippen molar-refractivity contribution in [3.8, 4) is 0 Å². The van der Waals surface area contributed by atoms with Crippen LogP contribution in [-0.4, -0.2) is 29.6 Å². The molecule has 0 bridgehead atoms. The molecular weight excluding hydrogens is 316 g/mol. The molecule has 0 saturated carbocycles. The van der Waals surface area contributed by atoms with Gasteiger partial charge >= 0.3 is 5.97 Å². The first-order chi connectivity index (χ1) is 12.1. The Labute approximate surface area is 154 Å². The van der Waals surface area contributed by atoms with E-state index in [-0.39, 0.29) is 5.91 Å². The predicted molar refractivity (Wildman–Crippen MR) is 104 cm³/mol. The van der Waals surface area contributed by atoms with Gasteiger partial charge in [0.05, 0.1) is 0 Å². The van der Waals surface area contributed by atoms with Gasteiger partial charge in [-0.2, -0.15) is 0 Å². The van der Waals surface area contributed by atoms with E-state index in [1.54, 1.807) is 0 Å². The van der Waals surface area contributed by atoms with Crippen LogP contribution in [0.1, 0.15) is 103 Å². The van der Waals surface area contributed by atoms with Gasteiger partial charge in [0.25, 0.3) is 0 Å². The van der Waals surface area contributed by atoms with Crippen molar-refractivity contribution in [1.82, 2.24) is 5.32 Å². The largest absolute Gasteiger partial charge is 0.480 e. The van der Waals surface area contributed by atoms with E-state index < -0.39 is 12.0 Å². The molecule has 0 aliphatic rings.